The summed E-state index contributed by atoms with van der Waals surface area (Å²) in [7, 11) is 2.00. The minimum absolute atomic E-state index is 0.0980. The van der Waals surface area contributed by atoms with Crippen LogP contribution in [0.1, 0.15) is 53.9 Å². The van der Waals surface area contributed by atoms with E-state index in [1.807, 2.05) is 11.7 Å². The molecule has 0 saturated carbocycles. The first-order chi connectivity index (χ1) is 10.0. The zero-order valence-electron chi connectivity index (χ0n) is 13.7. The third-order valence-corrected chi connectivity index (χ3v) is 4.28. The standard InChI is InChI=1S/C18H27N3/c1-5-7-15-8-6-9-16(12-15)18(19)11-10-17-13(2)20-21(4)14(17)3/h6,8-9,12,18H,5,7,10-11,19H2,1-4H3. The summed E-state index contributed by atoms with van der Waals surface area (Å²) in [4.78, 5) is 0. The maximum Gasteiger partial charge on any atom is 0.0628 e. The maximum atomic E-state index is 6.39. The van der Waals surface area contributed by atoms with Gasteiger partial charge in [0.1, 0.15) is 0 Å². The summed E-state index contributed by atoms with van der Waals surface area (Å²) >= 11 is 0. The predicted molar refractivity (Wildman–Crippen MR) is 88.4 cm³/mol. The lowest BCUT2D eigenvalue weighted by Gasteiger charge is -2.13. The van der Waals surface area contributed by atoms with Gasteiger partial charge in [0.2, 0.25) is 0 Å². The van der Waals surface area contributed by atoms with Crippen LogP contribution in [0.4, 0.5) is 0 Å². The molecule has 1 aromatic heterocycles. The van der Waals surface area contributed by atoms with E-state index in [0.717, 1.165) is 25.0 Å². The molecular formula is C18H27N3. The van der Waals surface area contributed by atoms with Gasteiger partial charge in [0.05, 0.1) is 5.69 Å². The first-order valence-electron chi connectivity index (χ1n) is 7.86. The van der Waals surface area contributed by atoms with Gasteiger partial charge in [0, 0.05) is 18.8 Å². The molecule has 1 aromatic carbocycles. The molecule has 0 radical (unpaired) electrons. The van der Waals surface area contributed by atoms with E-state index in [1.165, 1.54) is 28.8 Å². The molecule has 3 nitrogen and oxygen atoms in total. The lowest BCUT2D eigenvalue weighted by atomic mass is 9.96. The van der Waals surface area contributed by atoms with Gasteiger partial charge in [-0.3, -0.25) is 4.68 Å². The molecule has 0 saturated heterocycles. The molecule has 3 heteroatoms. The summed E-state index contributed by atoms with van der Waals surface area (Å²) in [5.41, 5.74) is 12.7. The minimum atomic E-state index is 0.0980. The average Bonchev–Trinajstić information content (AvgIpc) is 2.70. The number of aromatic nitrogens is 2. The van der Waals surface area contributed by atoms with E-state index in [-0.39, 0.29) is 6.04 Å². The first kappa shape index (κ1) is 15.8. The van der Waals surface area contributed by atoms with Gasteiger partial charge >= 0.3 is 0 Å². The van der Waals surface area contributed by atoms with Crippen molar-refractivity contribution in [3.8, 4) is 0 Å². The highest BCUT2D eigenvalue weighted by atomic mass is 15.3. The summed E-state index contributed by atoms with van der Waals surface area (Å²) in [5, 5.41) is 4.48. The molecule has 1 heterocycles. The Kier molecular flexibility index (Phi) is 5.18. The summed E-state index contributed by atoms with van der Waals surface area (Å²) in [5.74, 6) is 0. The molecule has 2 aromatic rings. The fourth-order valence-electron chi connectivity index (χ4n) is 2.91. The minimum Gasteiger partial charge on any atom is -0.324 e. The SMILES string of the molecule is CCCc1cccc(C(N)CCc2c(C)nn(C)c2C)c1. The third-order valence-electron chi connectivity index (χ3n) is 4.28. The third kappa shape index (κ3) is 3.73. The normalized spacial score (nSPS) is 12.6. The molecule has 0 amide bonds. The van der Waals surface area contributed by atoms with Crippen LogP contribution in [0.15, 0.2) is 24.3 Å². The molecule has 2 rings (SSSR count). The van der Waals surface area contributed by atoms with Crippen LogP contribution < -0.4 is 5.73 Å². The van der Waals surface area contributed by atoms with Crippen LogP contribution in [0.2, 0.25) is 0 Å². The molecule has 0 aliphatic carbocycles. The van der Waals surface area contributed by atoms with E-state index in [1.54, 1.807) is 0 Å². The molecule has 0 fully saturated rings. The smallest absolute Gasteiger partial charge is 0.0628 e. The second-order valence-corrected chi connectivity index (χ2v) is 5.91. The topological polar surface area (TPSA) is 43.8 Å². The van der Waals surface area contributed by atoms with Gasteiger partial charge in [-0.05, 0) is 49.8 Å². The number of hydrogen-bond donors (Lipinski definition) is 1. The van der Waals surface area contributed by atoms with Gasteiger partial charge in [-0.2, -0.15) is 5.10 Å². The van der Waals surface area contributed by atoms with Gasteiger partial charge < -0.3 is 5.73 Å². The van der Waals surface area contributed by atoms with Gasteiger partial charge in [-0.15, -0.1) is 0 Å². The van der Waals surface area contributed by atoms with E-state index in [9.17, 15) is 0 Å². The Morgan fingerprint density at radius 2 is 2.00 bits per heavy atom. The highest BCUT2D eigenvalue weighted by Gasteiger charge is 2.12. The zero-order valence-corrected chi connectivity index (χ0v) is 13.7. The molecule has 2 N–H and O–H groups in total. The first-order valence-corrected chi connectivity index (χ1v) is 7.86. The molecule has 0 bridgehead atoms. The van der Waals surface area contributed by atoms with Crippen molar-refractivity contribution in [2.75, 3.05) is 0 Å². The number of benzene rings is 1. The average molecular weight is 285 g/mol. The summed E-state index contributed by atoms with van der Waals surface area (Å²) in [6, 6.07) is 8.82. The van der Waals surface area contributed by atoms with Crippen LogP contribution >= 0.6 is 0 Å². The Hall–Kier alpha value is -1.61. The van der Waals surface area contributed by atoms with Crippen molar-refractivity contribution in [2.45, 2.75) is 52.5 Å². The number of rotatable bonds is 6. The monoisotopic (exact) mass is 285 g/mol. The van der Waals surface area contributed by atoms with E-state index < -0.39 is 0 Å². The number of aryl methyl sites for hydroxylation is 3. The van der Waals surface area contributed by atoms with Gasteiger partial charge in [-0.25, -0.2) is 0 Å². The second-order valence-electron chi connectivity index (χ2n) is 5.91. The highest BCUT2D eigenvalue weighted by Crippen LogP contribution is 2.21. The molecule has 0 spiro atoms. The Labute approximate surface area is 128 Å². The van der Waals surface area contributed by atoms with Gasteiger partial charge in [0.25, 0.3) is 0 Å². The fraction of sp³-hybridized carbons (Fsp3) is 0.500. The molecule has 1 unspecified atom stereocenters. The van der Waals surface area contributed by atoms with Crippen LogP contribution in [-0.2, 0) is 19.9 Å². The second kappa shape index (κ2) is 6.90. The van der Waals surface area contributed by atoms with Gasteiger partial charge in [-0.1, -0.05) is 37.6 Å². The molecule has 0 aliphatic heterocycles. The largest absolute Gasteiger partial charge is 0.324 e. The van der Waals surface area contributed by atoms with Crippen LogP contribution in [0.25, 0.3) is 0 Å². The Bertz CT molecular complexity index is 599. The van der Waals surface area contributed by atoms with E-state index in [0.29, 0.717) is 0 Å². The lowest BCUT2D eigenvalue weighted by Crippen LogP contribution is -2.12. The molecule has 114 valence electrons. The predicted octanol–water partition coefficient (Wildman–Crippen LogP) is 3.62. The Morgan fingerprint density at radius 3 is 2.62 bits per heavy atom. The van der Waals surface area contributed by atoms with Crippen LogP contribution in [0, 0.1) is 13.8 Å². The van der Waals surface area contributed by atoms with Crippen molar-refractivity contribution in [3.63, 3.8) is 0 Å². The summed E-state index contributed by atoms with van der Waals surface area (Å²) < 4.78 is 1.96. The lowest BCUT2D eigenvalue weighted by molar-refractivity contribution is 0.646. The van der Waals surface area contributed by atoms with Crippen molar-refractivity contribution < 1.29 is 0 Å². The van der Waals surface area contributed by atoms with Crippen molar-refractivity contribution in [3.05, 3.63) is 52.3 Å². The molecule has 1 atom stereocenters. The highest BCUT2D eigenvalue weighted by molar-refractivity contribution is 5.28. The maximum absolute atomic E-state index is 6.39. The van der Waals surface area contributed by atoms with E-state index in [4.69, 9.17) is 5.73 Å². The summed E-state index contributed by atoms with van der Waals surface area (Å²) in [6.45, 7) is 6.42. The summed E-state index contributed by atoms with van der Waals surface area (Å²) in [6.07, 6.45) is 4.25. The molecular weight excluding hydrogens is 258 g/mol. The number of nitrogens with two attached hydrogens (primary N) is 1. The van der Waals surface area contributed by atoms with Crippen molar-refractivity contribution >= 4 is 0 Å². The number of nitrogens with zero attached hydrogens (tertiary/aromatic N) is 2. The van der Waals surface area contributed by atoms with Crippen molar-refractivity contribution in [2.24, 2.45) is 12.8 Å². The van der Waals surface area contributed by atoms with Gasteiger partial charge in [0.15, 0.2) is 0 Å². The van der Waals surface area contributed by atoms with Crippen LogP contribution in [0.5, 0.6) is 0 Å². The number of hydrogen-bond acceptors (Lipinski definition) is 2. The van der Waals surface area contributed by atoms with Crippen LogP contribution in [0.3, 0.4) is 0 Å². The van der Waals surface area contributed by atoms with Crippen molar-refractivity contribution in [1.29, 1.82) is 0 Å². The zero-order chi connectivity index (χ0) is 15.4. The van der Waals surface area contributed by atoms with Crippen molar-refractivity contribution in [1.82, 2.24) is 9.78 Å². The molecule has 21 heavy (non-hydrogen) atoms. The Morgan fingerprint density at radius 1 is 1.24 bits per heavy atom. The molecule has 0 aliphatic rings. The quantitative estimate of drug-likeness (QED) is 0.881. The Balaban J connectivity index is 2.04. The van der Waals surface area contributed by atoms with E-state index in [2.05, 4.69) is 50.1 Å². The van der Waals surface area contributed by atoms with E-state index >= 15 is 0 Å². The van der Waals surface area contributed by atoms with Crippen LogP contribution in [-0.4, -0.2) is 9.78 Å². The fourth-order valence-corrected chi connectivity index (χ4v) is 2.91.